The van der Waals surface area contributed by atoms with Crippen molar-refractivity contribution in [1.82, 2.24) is 10.3 Å². The number of nitriles is 1. The van der Waals surface area contributed by atoms with Gasteiger partial charge < -0.3 is 10.3 Å². The number of pyridine rings is 1. The Morgan fingerprint density at radius 3 is 2.81 bits per heavy atom. The molecule has 0 bridgehead atoms. The van der Waals surface area contributed by atoms with Crippen molar-refractivity contribution in [3.05, 3.63) is 52.3 Å². The van der Waals surface area contributed by atoms with E-state index in [4.69, 9.17) is 5.26 Å². The van der Waals surface area contributed by atoms with Crippen molar-refractivity contribution >= 4 is 22.9 Å². The fourth-order valence-electron chi connectivity index (χ4n) is 1.83. The molecule has 0 unspecified atom stereocenters. The van der Waals surface area contributed by atoms with Crippen molar-refractivity contribution in [3.63, 3.8) is 0 Å². The number of nitrogens with zero attached hydrogens (tertiary/aromatic N) is 1. The molecular formula is C16H15N3O2. The van der Waals surface area contributed by atoms with E-state index in [1.807, 2.05) is 30.3 Å². The normalized spacial score (nSPS) is 11.5. The molecule has 0 fully saturated rings. The van der Waals surface area contributed by atoms with Crippen molar-refractivity contribution < 1.29 is 4.79 Å². The molecule has 0 spiro atoms. The number of hydrogen-bond donors (Lipinski definition) is 2. The molecule has 0 aliphatic carbocycles. The van der Waals surface area contributed by atoms with E-state index in [0.717, 1.165) is 10.9 Å². The molecule has 21 heavy (non-hydrogen) atoms. The van der Waals surface area contributed by atoms with Gasteiger partial charge in [0.25, 0.3) is 5.56 Å². The van der Waals surface area contributed by atoms with Gasteiger partial charge in [-0.2, -0.15) is 5.26 Å². The maximum absolute atomic E-state index is 11.9. The molecule has 1 aromatic carbocycles. The topological polar surface area (TPSA) is 85.8 Å². The number of rotatable bonds is 3. The summed E-state index contributed by atoms with van der Waals surface area (Å²) in [5, 5.41) is 12.3. The van der Waals surface area contributed by atoms with Gasteiger partial charge >= 0.3 is 0 Å². The van der Waals surface area contributed by atoms with Crippen LogP contribution in [0.1, 0.15) is 19.4 Å². The summed E-state index contributed by atoms with van der Waals surface area (Å²) in [6, 6.07) is 11.1. The van der Waals surface area contributed by atoms with Crippen LogP contribution in [0.15, 0.2) is 41.2 Å². The van der Waals surface area contributed by atoms with Gasteiger partial charge in [0.2, 0.25) is 5.91 Å². The predicted molar refractivity (Wildman–Crippen MR) is 81.4 cm³/mol. The fourth-order valence-corrected chi connectivity index (χ4v) is 1.83. The number of para-hydroxylation sites is 1. The number of aromatic nitrogens is 1. The van der Waals surface area contributed by atoms with Crippen molar-refractivity contribution in [3.8, 4) is 6.07 Å². The highest BCUT2D eigenvalue weighted by Gasteiger charge is 2.17. The largest absolute Gasteiger partial charge is 0.335 e. The molecule has 2 aromatic rings. The van der Waals surface area contributed by atoms with Gasteiger partial charge in [-0.15, -0.1) is 0 Å². The average Bonchev–Trinajstić information content (AvgIpc) is 2.44. The van der Waals surface area contributed by atoms with E-state index in [2.05, 4.69) is 10.3 Å². The van der Waals surface area contributed by atoms with Gasteiger partial charge in [-0.1, -0.05) is 18.2 Å². The second-order valence-corrected chi connectivity index (χ2v) is 5.20. The maximum atomic E-state index is 11.9. The van der Waals surface area contributed by atoms with Crippen LogP contribution in [-0.4, -0.2) is 16.4 Å². The molecule has 2 rings (SSSR count). The lowest BCUT2D eigenvalue weighted by Gasteiger charge is -2.15. The SMILES string of the molecule is CC(C)(C#N)NC(=O)/C=C/c1cc2ccccc2[nH]c1=O. The summed E-state index contributed by atoms with van der Waals surface area (Å²) in [4.78, 5) is 26.4. The molecule has 0 saturated heterocycles. The first-order chi connectivity index (χ1) is 9.91. The van der Waals surface area contributed by atoms with Crippen LogP contribution in [-0.2, 0) is 4.79 Å². The molecule has 106 valence electrons. The summed E-state index contributed by atoms with van der Waals surface area (Å²) >= 11 is 0. The lowest BCUT2D eigenvalue weighted by Crippen LogP contribution is -2.41. The summed E-state index contributed by atoms with van der Waals surface area (Å²) in [5.41, 5.74) is -0.0809. The summed E-state index contributed by atoms with van der Waals surface area (Å²) in [5.74, 6) is -0.422. The molecule has 0 radical (unpaired) electrons. The first-order valence-corrected chi connectivity index (χ1v) is 6.45. The van der Waals surface area contributed by atoms with E-state index < -0.39 is 11.4 Å². The van der Waals surface area contributed by atoms with Gasteiger partial charge in [0, 0.05) is 17.2 Å². The third-order valence-corrected chi connectivity index (χ3v) is 2.91. The Labute approximate surface area is 121 Å². The second kappa shape index (κ2) is 5.63. The van der Waals surface area contributed by atoms with Crippen LogP contribution in [0, 0.1) is 11.3 Å². The van der Waals surface area contributed by atoms with Crippen molar-refractivity contribution in [2.24, 2.45) is 0 Å². The Kier molecular flexibility index (Phi) is 3.90. The highest BCUT2D eigenvalue weighted by atomic mass is 16.1. The highest BCUT2D eigenvalue weighted by Crippen LogP contribution is 2.10. The Morgan fingerprint density at radius 1 is 1.38 bits per heavy atom. The standard InChI is InChI=1S/C16H15N3O2/c1-16(2,10-17)19-14(20)8-7-12-9-11-5-3-4-6-13(11)18-15(12)21/h3-9H,1-2H3,(H,18,21)(H,19,20)/b8-7+. The van der Waals surface area contributed by atoms with Gasteiger partial charge in [-0.3, -0.25) is 9.59 Å². The lowest BCUT2D eigenvalue weighted by molar-refractivity contribution is -0.117. The number of hydrogen-bond acceptors (Lipinski definition) is 3. The smallest absolute Gasteiger partial charge is 0.255 e. The quantitative estimate of drug-likeness (QED) is 0.843. The van der Waals surface area contributed by atoms with Crippen molar-refractivity contribution in [1.29, 1.82) is 5.26 Å². The van der Waals surface area contributed by atoms with E-state index in [1.165, 1.54) is 12.2 Å². The Balaban J connectivity index is 2.26. The van der Waals surface area contributed by atoms with Crippen LogP contribution in [0.3, 0.4) is 0 Å². The maximum Gasteiger partial charge on any atom is 0.255 e. The number of H-pyrrole nitrogens is 1. The van der Waals surface area contributed by atoms with Gasteiger partial charge in [-0.25, -0.2) is 0 Å². The van der Waals surface area contributed by atoms with Crippen molar-refractivity contribution in [2.45, 2.75) is 19.4 Å². The van der Waals surface area contributed by atoms with E-state index in [0.29, 0.717) is 5.56 Å². The number of benzene rings is 1. The van der Waals surface area contributed by atoms with Crippen LogP contribution in [0.25, 0.3) is 17.0 Å². The summed E-state index contributed by atoms with van der Waals surface area (Å²) < 4.78 is 0. The third-order valence-electron chi connectivity index (χ3n) is 2.91. The van der Waals surface area contributed by atoms with E-state index in [-0.39, 0.29) is 5.56 Å². The molecule has 5 heteroatoms. The Hall–Kier alpha value is -2.87. The minimum absolute atomic E-state index is 0.266. The van der Waals surface area contributed by atoms with E-state index in [9.17, 15) is 9.59 Å². The average molecular weight is 281 g/mol. The van der Waals surface area contributed by atoms with Gasteiger partial charge in [-0.05, 0) is 37.4 Å². The van der Waals surface area contributed by atoms with Crippen LogP contribution in [0.2, 0.25) is 0 Å². The second-order valence-electron chi connectivity index (χ2n) is 5.20. The number of amides is 1. The molecule has 2 N–H and O–H groups in total. The summed E-state index contributed by atoms with van der Waals surface area (Å²) in [6.07, 6.45) is 2.69. The molecular weight excluding hydrogens is 266 g/mol. The first kappa shape index (κ1) is 14.5. The number of carbonyl (C=O) groups excluding carboxylic acids is 1. The van der Waals surface area contributed by atoms with E-state index in [1.54, 1.807) is 19.9 Å². The minimum Gasteiger partial charge on any atom is -0.335 e. The minimum atomic E-state index is -0.947. The van der Waals surface area contributed by atoms with Gasteiger partial charge in [0.05, 0.1) is 6.07 Å². The molecule has 0 saturated carbocycles. The monoisotopic (exact) mass is 281 g/mol. The number of carbonyl (C=O) groups is 1. The van der Waals surface area contributed by atoms with Crippen LogP contribution >= 0.6 is 0 Å². The van der Waals surface area contributed by atoms with Gasteiger partial charge in [0.1, 0.15) is 5.54 Å². The highest BCUT2D eigenvalue weighted by molar-refractivity contribution is 5.93. The molecule has 0 atom stereocenters. The van der Waals surface area contributed by atoms with Crippen molar-refractivity contribution in [2.75, 3.05) is 0 Å². The first-order valence-electron chi connectivity index (χ1n) is 6.45. The Morgan fingerprint density at radius 2 is 2.10 bits per heavy atom. The zero-order chi connectivity index (χ0) is 15.5. The molecule has 0 aliphatic rings. The molecule has 5 nitrogen and oxygen atoms in total. The number of fused-ring (bicyclic) bond motifs is 1. The number of aromatic amines is 1. The lowest BCUT2D eigenvalue weighted by atomic mass is 10.1. The van der Waals surface area contributed by atoms with Crippen LogP contribution < -0.4 is 10.9 Å². The fraction of sp³-hybridized carbons (Fsp3) is 0.188. The number of nitrogens with one attached hydrogen (secondary N) is 2. The van der Waals surface area contributed by atoms with Crippen LogP contribution in [0.4, 0.5) is 0 Å². The zero-order valence-corrected chi connectivity index (χ0v) is 11.8. The van der Waals surface area contributed by atoms with E-state index >= 15 is 0 Å². The molecule has 0 aliphatic heterocycles. The Bertz CT molecular complexity index is 810. The van der Waals surface area contributed by atoms with Crippen LogP contribution in [0.5, 0.6) is 0 Å². The molecule has 1 aromatic heterocycles. The predicted octanol–water partition coefficient (Wildman–Crippen LogP) is 1.96. The summed E-state index contributed by atoms with van der Waals surface area (Å²) in [7, 11) is 0. The van der Waals surface area contributed by atoms with Gasteiger partial charge in [0.15, 0.2) is 0 Å². The zero-order valence-electron chi connectivity index (χ0n) is 11.8. The molecule has 1 heterocycles. The molecule has 1 amide bonds. The third kappa shape index (κ3) is 3.57. The summed E-state index contributed by atoms with van der Waals surface area (Å²) in [6.45, 7) is 3.20.